The first-order valence-electron chi connectivity index (χ1n) is 15.5. The molecule has 0 amide bonds. The van der Waals surface area contributed by atoms with Crippen molar-refractivity contribution in [2.45, 2.75) is 32.1 Å². The molecule has 6 aromatic rings. The van der Waals surface area contributed by atoms with Crippen molar-refractivity contribution in [3.8, 4) is 5.82 Å². The van der Waals surface area contributed by atoms with E-state index in [-0.39, 0.29) is 23.2 Å². The zero-order chi connectivity index (χ0) is 31.7. The maximum absolute atomic E-state index is 16.5. The van der Waals surface area contributed by atoms with E-state index in [0.717, 1.165) is 21.9 Å². The minimum atomic E-state index is -3.34. The third kappa shape index (κ3) is 4.13. The molecule has 2 aromatic heterocycles. The number of halogens is 2. The Morgan fingerprint density at radius 1 is 0.714 bits per heavy atom. The number of anilines is 3. The molecular weight excluding hydrogens is 526 g/mol. The van der Waals surface area contributed by atoms with E-state index in [1.165, 1.54) is 23.1 Å². The minimum absolute atomic E-state index is 0.0254. The first-order chi connectivity index (χ1) is 21.3. The fourth-order valence-corrected chi connectivity index (χ4v) is 5.89. The van der Waals surface area contributed by atoms with Crippen LogP contribution in [0, 0.1) is 0 Å². The molecule has 0 saturated heterocycles. The van der Waals surface area contributed by atoms with Crippen molar-refractivity contribution < 1.29 is 12.9 Å². The molecule has 1 aliphatic rings. The summed E-state index contributed by atoms with van der Waals surface area (Å²) in [4.78, 5) is 7.74. The monoisotopic (exact) mass is 561 g/mol. The Bertz CT molecular complexity index is 2080. The Morgan fingerprint density at radius 3 is 2.26 bits per heavy atom. The van der Waals surface area contributed by atoms with Gasteiger partial charge in [0.05, 0.1) is 29.1 Å². The van der Waals surface area contributed by atoms with E-state index in [4.69, 9.17) is 4.11 Å². The normalized spacial score (nSPS) is 15.1. The molecule has 0 bridgehead atoms. The summed E-state index contributed by atoms with van der Waals surface area (Å²) in [5.74, 6) is -2.67. The molecule has 0 aliphatic carbocycles. The number of fused-ring (bicyclic) bond motifs is 4. The van der Waals surface area contributed by atoms with Gasteiger partial charge in [-0.2, -0.15) is 8.78 Å². The van der Waals surface area contributed by atoms with Gasteiger partial charge in [-0.1, -0.05) is 75.4 Å². The molecule has 0 N–H and O–H groups in total. The number of rotatable bonds is 4. The number of benzene rings is 4. The van der Waals surface area contributed by atoms with Gasteiger partial charge in [0.2, 0.25) is 0 Å². The average Bonchev–Trinajstić information content (AvgIpc) is 3.57. The highest BCUT2D eigenvalue weighted by Crippen LogP contribution is 2.43. The van der Waals surface area contributed by atoms with E-state index < -0.39 is 12.9 Å². The number of alkyl halides is 2. The summed E-state index contributed by atoms with van der Waals surface area (Å²) in [5, 5.41) is 1.82. The molecule has 42 heavy (non-hydrogen) atoms. The molecule has 4 nitrogen and oxygen atoms in total. The largest absolute Gasteiger partial charge is 0.355 e. The van der Waals surface area contributed by atoms with Gasteiger partial charge in [-0.25, -0.2) is 4.98 Å². The van der Waals surface area contributed by atoms with E-state index in [0.29, 0.717) is 28.4 Å². The highest BCUT2D eigenvalue weighted by molar-refractivity contribution is 6.09. The van der Waals surface area contributed by atoms with Gasteiger partial charge in [-0.05, 0) is 59.5 Å². The van der Waals surface area contributed by atoms with Crippen molar-refractivity contribution in [1.82, 2.24) is 9.55 Å². The quantitative estimate of drug-likeness (QED) is 0.214. The Morgan fingerprint density at radius 2 is 1.45 bits per heavy atom. The Hall–Kier alpha value is -4.71. The molecule has 0 radical (unpaired) electrons. The average molecular weight is 562 g/mol. The molecule has 4 aromatic carbocycles. The molecule has 6 heteroatoms. The van der Waals surface area contributed by atoms with Crippen molar-refractivity contribution in [3.63, 3.8) is 0 Å². The van der Waals surface area contributed by atoms with Crippen LogP contribution in [-0.2, 0) is 11.3 Å². The number of nitrogens with zero attached hydrogens (tertiary/aromatic N) is 4. The topological polar surface area (TPSA) is 24.3 Å². The van der Waals surface area contributed by atoms with Gasteiger partial charge < -0.3 is 9.80 Å². The lowest BCUT2D eigenvalue weighted by atomic mass is 9.88. The SMILES string of the molecule is [2H]C([2H])([2H])N1CN(c2cccc(C(F)(F)c3ccc4c5ccccc5n(-c5cc(C(C)(C)C)ccn5)c4c3)c2)c2ccccc21. The van der Waals surface area contributed by atoms with E-state index in [2.05, 4.69) is 25.8 Å². The van der Waals surface area contributed by atoms with Gasteiger partial charge in [-0.15, -0.1) is 0 Å². The fraction of sp³-hybridized carbons (Fsp3) is 0.194. The zero-order valence-electron chi connectivity index (χ0n) is 26.6. The lowest BCUT2D eigenvalue weighted by molar-refractivity contribution is 0.0430. The second kappa shape index (κ2) is 9.41. The van der Waals surface area contributed by atoms with E-state index >= 15 is 8.78 Å². The van der Waals surface area contributed by atoms with Gasteiger partial charge in [0, 0.05) is 44.9 Å². The van der Waals surface area contributed by atoms with Gasteiger partial charge in [0.1, 0.15) is 5.82 Å². The van der Waals surface area contributed by atoms with Crippen molar-refractivity contribution in [2.24, 2.45) is 0 Å². The first-order valence-corrected chi connectivity index (χ1v) is 14.0. The first kappa shape index (κ1) is 22.9. The smallest absolute Gasteiger partial charge is 0.298 e. The highest BCUT2D eigenvalue weighted by Gasteiger charge is 2.36. The van der Waals surface area contributed by atoms with Crippen molar-refractivity contribution in [3.05, 3.63) is 126 Å². The maximum Gasteiger partial charge on any atom is 0.298 e. The molecule has 0 spiro atoms. The Balaban J connectivity index is 1.34. The van der Waals surface area contributed by atoms with Crippen LogP contribution in [-0.4, -0.2) is 23.2 Å². The summed E-state index contributed by atoms with van der Waals surface area (Å²) in [6, 6.07) is 30.0. The molecule has 7 rings (SSSR count). The second-order valence-electron chi connectivity index (χ2n) is 11.8. The van der Waals surface area contributed by atoms with Crippen molar-refractivity contribution in [2.75, 3.05) is 23.4 Å². The molecule has 3 heterocycles. The summed E-state index contributed by atoms with van der Waals surface area (Å²) >= 11 is 0. The third-order valence-corrected chi connectivity index (χ3v) is 8.14. The van der Waals surface area contributed by atoms with Gasteiger partial charge in [0.25, 0.3) is 5.92 Å². The lowest BCUT2D eigenvalue weighted by Gasteiger charge is -2.23. The van der Waals surface area contributed by atoms with Crippen LogP contribution >= 0.6 is 0 Å². The van der Waals surface area contributed by atoms with Crippen LogP contribution in [0.15, 0.2) is 109 Å². The zero-order valence-corrected chi connectivity index (χ0v) is 23.6. The van der Waals surface area contributed by atoms with Crippen LogP contribution in [0.25, 0.3) is 27.6 Å². The molecule has 0 unspecified atom stereocenters. The van der Waals surface area contributed by atoms with Crippen molar-refractivity contribution in [1.29, 1.82) is 0 Å². The number of aromatic nitrogens is 2. The van der Waals surface area contributed by atoms with Gasteiger partial charge >= 0.3 is 0 Å². The van der Waals surface area contributed by atoms with E-state index in [1.54, 1.807) is 53.6 Å². The molecule has 0 saturated carbocycles. The fourth-order valence-electron chi connectivity index (χ4n) is 5.89. The van der Waals surface area contributed by atoms with Crippen LogP contribution in [0.4, 0.5) is 25.8 Å². The standard InChI is InChI=1S/C36H32F2N4/c1-35(2,3)24-18-19-39-34(22-24)42-30-13-6-5-12-28(30)29-17-16-26(21-33(29)42)36(37,38)25-10-9-11-27(20-25)41-23-40(4)31-14-7-8-15-32(31)41/h5-22H,23H2,1-4H3/i4D3. The van der Waals surface area contributed by atoms with E-state index in [9.17, 15) is 0 Å². The van der Waals surface area contributed by atoms with Crippen LogP contribution in [0.1, 0.15) is 41.6 Å². The summed E-state index contributed by atoms with van der Waals surface area (Å²) in [6.45, 7) is 4.05. The second-order valence-corrected chi connectivity index (χ2v) is 11.8. The highest BCUT2D eigenvalue weighted by atomic mass is 19.3. The Kier molecular flexibility index (Phi) is 5.14. The number of para-hydroxylation sites is 3. The van der Waals surface area contributed by atoms with Gasteiger partial charge in [0.15, 0.2) is 0 Å². The molecule has 0 fully saturated rings. The molecule has 0 atom stereocenters. The summed E-state index contributed by atoms with van der Waals surface area (Å²) in [6.07, 6.45) is 1.77. The number of hydrogen-bond acceptors (Lipinski definition) is 3. The minimum Gasteiger partial charge on any atom is -0.355 e. The van der Waals surface area contributed by atoms with Gasteiger partial charge in [-0.3, -0.25) is 4.57 Å². The summed E-state index contributed by atoms with van der Waals surface area (Å²) in [5.41, 5.74) is 3.87. The lowest BCUT2D eigenvalue weighted by Crippen LogP contribution is -2.24. The predicted octanol–water partition coefficient (Wildman–Crippen LogP) is 9.16. The summed E-state index contributed by atoms with van der Waals surface area (Å²) in [7, 11) is 0. The third-order valence-electron chi connectivity index (χ3n) is 8.14. The van der Waals surface area contributed by atoms with Crippen LogP contribution in [0.3, 0.4) is 0 Å². The molecule has 1 aliphatic heterocycles. The van der Waals surface area contributed by atoms with Crippen molar-refractivity contribution >= 4 is 38.9 Å². The van der Waals surface area contributed by atoms with E-state index in [1.807, 2.05) is 47.0 Å². The number of hydrogen-bond donors (Lipinski definition) is 0. The maximum atomic E-state index is 16.5. The predicted molar refractivity (Wildman–Crippen MR) is 169 cm³/mol. The van der Waals surface area contributed by atoms with Crippen LogP contribution in [0.5, 0.6) is 0 Å². The van der Waals surface area contributed by atoms with Crippen LogP contribution < -0.4 is 9.80 Å². The molecular formula is C36H32F2N4. The summed E-state index contributed by atoms with van der Waals surface area (Å²) < 4.78 is 59.0. The van der Waals surface area contributed by atoms with Crippen LogP contribution in [0.2, 0.25) is 0 Å². The molecule has 210 valence electrons. The number of pyridine rings is 1. The Labute approximate surface area is 248 Å².